The van der Waals surface area contributed by atoms with Crippen LogP contribution in [-0.4, -0.2) is 19.5 Å². The van der Waals surface area contributed by atoms with E-state index < -0.39 is 14.4 Å². The van der Waals surface area contributed by atoms with Gasteiger partial charge in [0.25, 0.3) is 8.32 Å². The molecule has 0 unspecified atom stereocenters. The lowest BCUT2D eigenvalue weighted by molar-refractivity contribution is 0.0902. The second-order valence-corrected chi connectivity index (χ2v) is 13.3. The molecule has 0 spiro atoms. The fraction of sp³-hybridized carbons (Fsp3) is 0.286. The summed E-state index contributed by atoms with van der Waals surface area (Å²) in [4.78, 5) is 0. The molecule has 31 heavy (non-hydrogen) atoms. The molecule has 0 aromatic heterocycles. The highest BCUT2D eigenvalue weighted by Crippen LogP contribution is 2.39. The van der Waals surface area contributed by atoms with Gasteiger partial charge in [0.1, 0.15) is 0 Å². The van der Waals surface area contributed by atoms with E-state index in [0.717, 1.165) is 5.56 Å². The zero-order valence-electron chi connectivity index (χ0n) is 18.9. The number of hydrogen-bond acceptors (Lipinski definition) is 2. The Morgan fingerprint density at radius 3 is 1.71 bits per heavy atom. The molecule has 1 N–H and O–H groups in total. The van der Waals surface area contributed by atoms with Crippen molar-refractivity contribution in [2.45, 2.75) is 50.9 Å². The molecule has 2 atom stereocenters. The molecule has 0 aliphatic rings. The molecule has 3 aromatic carbocycles. The second-order valence-electron chi connectivity index (χ2n) is 9.09. The Morgan fingerprint density at radius 2 is 1.29 bits per heavy atom. The highest BCUT2D eigenvalue weighted by molar-refractivity contribution is 6.99. The Balaban J connectivity index is 2.06. The molecule has 3 rings (SSSR count). The molecule has 0 aliphatic heterocycles. The first kappa shape index (κ1) is 23.2. The van der Waals surface area contributed by atoms with Gasteiger partial charge in [-0.15, -0.1) is 6.58 Å². The predicted molar refractivity (Wildman–Crippen MR) is 133 cm³/mol. The van der Waals surface area contributed by atoms with E-state index in [1.54, 1.807) is 0 Å². The summed E-state index contributed by atoms with van der Waals surface area (Å²) >= 11 is 0. The Hall–Kier alpha value is -2.46. The first-order valence-electron chi connectivity index (χ1n) is 11.0. The zero-order valence-corrected chi connectivity index (χ0v) is 19.9. The van der Waals surface area contributed by atoms with Gasteiger partial charge in [0.15, 0.2) is 0 Å². The first-order chi connectivity index (χ1) is 14.9. The Labute approximate surface area is 188 Å². The molecule has 0 aliphatic carbocycles. The molecule has 0 heterocycles. The molecule has 0 fully saturated rings. The van der Waals surface area contributed by atoms with Crippen LogP contribution in [0, 0.1) is 0 Å². The minimum absolute atomic E-state index is 0.104. The Kier molecular flexibility index (Phi) is 7.66. The van der Waals surface area contributed by atoms with Gasteiger partial charge in [-0.25, -0.2) is 0 Å². The van der Waals surface area contributed by atoms with Crippen molar-refractivity contribution in [2.75, 3.05) is 0 Å². The molecular weight excluding hydrogens is 396 g/mol. The fourth-order valence-electron chi connectivity index (χ4n) is 4.38. The van der Waals surface area contributed by atoms with Gasteiger partial charge >= 0.3 is 0 Å². The number of aliphatic hydroxyl groups is 1. The minimum Gasteiger partial charge on any atom is -0.404 e. The van der Waals surface area contributed by atoms with E-state index in [0.29, 0.717) is 12.8 Å². The monoisotopic (exact) mass is 430 g/mol. The summed E-state index contributed by atoms with van der Waals surface area (Å²) in [5.74, 6) is 0. The molecule has 3 heteroatoms. The highest BCUT2D eigenvalue weighted by Gasteiger charge is 2.51. The minimum atomic E-state index is -2.68. The van der Waals surface area contributed by atoms with E-state index in [-0.39, 0.29) is 11.1 Å². The number of aliphatic hydroxyl groups excluding tert-OH is 1. The second kappa shape index (κ2) is 10.2. The third-order valence-corrected chi connectivity index (χ3v) is 11.0. The van der Waals surface area contributed by atoms with Crippen LogP contribution in [0.1, 0.15) is 45.3 Å². The third kappa shape index (κ3) is 5.24. The van der Waals surface area contributed by atoms with Crippen molar-refractivity contribution in [3.05, 3.63) is 109 Å². The molecule has 0 amide bonds. The van der Waals surface area contributed by atoms with Crippen LogP contribution in [0.5, 0.6) is 0 Å². The van der Waals surface area contributed by atoms with Crippen LogP contribution in [0.15, 0.2) is 104 Å². The highest BCUT2D eigenvalue weighted by atomic mass is 28.4. The van der Waals surface area contributed by atoms with Gasteiger partial charge in [0.2, 0.25) is 0 Å². The number of hydrogen-bond donors (Lipinski definition) is 1. The van der Waals surface area contributed by atoms with E-state index in [1.807, 2.05) is 36.4 Å². The maximum absolute atomic E-state index is 11.0. The van der Waals surface area contributed by atoms with Crippen LogP contribution in [0.4, 0.5) is 0 Å². The first-order valence-corrected chi connectivity index (χ1v) is 12.9. The quantitative estimate of drug-likeness (QED) is 0.352. The fourth-order valence-corrected chi connectivity index (χ4v) is 9.09. The molecule has 3 aromatic rings. The van der Waals surface area contributed by atoms with Crippen molar-refractivity contribution in [2.24, 2.45) is 0 Å². The van der Waals surface area contributed by atoms with Crippen LogP contribution in [0.25, 0.3) is 0 Å². The van der Waals surface area contributed by atoms with Crippen molar-refractivity contribution >= 4 is 18.7 Å². The van der Waals surface area contributed by atoms with E-state index in [4.69, 9.17) is 4.43 Å². The SMILES string of the molecule is C=CC[C@@H](C[C@H](O)c1ccccc1)O[Si](c1ccccc1)(c1ccccc1)C(C)(C)C. The van der Waals surface area contributed by atoms with Crippen LogP contribution < -0.4 is 10.4 Å². The number of rotatable bonds is 9. The summed E-state index contributed by atoms with van der Waals surface area (Å²) in [5.41, 5.74) is 0.919. The molecule has 2 nitrogen and oxygen atoms in total. The van der Waals surface area contributed by atoms with Crippen molar-refractivity contribution in [1.82, 2.24) is 0 Å². The Morgan fingerprint density at radius 1 is 0.839 bits per heavy atom. The van der Waals surface area contributed by atoms with E-state index >= 15 is 0 Å². The standard InChI is InChI=1S/C28H34O2Si/c1-5-15-24(22-27(29)23-16-9-6-10-17-23)30-31(28(2,3)4,25-18-11-7-12-19-25)26-20-13-8-14-21-26/h5-14,16-21,24,27,29H,1,15,22H2,2-4H3/t24-,27-/m0/s1. The van der Waals surface area contributed by atoms with E-state index in [9.17, 15) is 5.11 Å². The molecule has 162 valence electrons. The normalized spacial score (nSPS) is 14.1. The molecule has 0 radical (unpaired) electrons. The lowest BCUT2D eigenvalue weighted by Gasteiger charge is -2.45. The van der Waals surface area contributed by atoms with Gasteiger partial charge < -0.3 is 9.53 Å². The summed E-state index contributed by atoms with van der Waals surface area (Å²) in [6.07, 6.45) is 2.40. The van der Waals surface area contributed by atoms with E-state index in [1.165, 1.54) is 10.4 Å². The van der Waals surface area contributed by atoms with Gasteiger partial charge in [0.05, 0.1) is 12.2 Å². The topological polar surface area (TPSA) is 29.5 Å². The molecule has 0 bridgehead atoms. The summed E-state index contributed by atoms with van der Waals surface area (Å²) in [7, 11) is -2.68. The van der Waals surface area contributed by atoms with Gasteiger partial charge in [0, 0.05) is 6.42 Å². The van der Waals surface area contributed by atoms with Crippen molar-refractivity contribution in [3.8, 4) is 0 Å². The molecule has 0 saturated carbocycles. The smallest absolute Gasteiger partial charge is 0.261 e. The maximum atomic E-state index is 11.0. The van der Waals surface area contributed by atoms with Crippen LogP contribution >= 0.6 is 0 Å². The van der Waals surface area contributed by atoms with Gasteiger partial charge in [-0.05, 0) is 27.4 Å². The molecule has 0 saturated heterocycles. The summed E-state index contributed by atoms with van der Waals surface area (Å²) in [5, 5.41) is 13.3. The summed E-state index contributed by atoms with van der Waals surface area (Å²) < 4.78 is 7.21. The van der Waals surface area contributed by atoms with Crippen molar-refractivity contribution in [1.29, 1.82) is 0 Å². The van der Waals surface area contributed by atoms with Gasteiger partial charge in [-0.2, -0.15) is 0 Å². The van der Waals surface area contributed by atoms with Crippen LogP contribution in [0.3, 0.4) is 0 Å². The summed E-state index contributed by atoms with van der Waals surface area (Å²) in [6, 6.07) is 31.1. The lowest BCUT2D eigenvalue weighted by Crippen LogP contribution is -2.67. The predicted octanol–water partition coefficient (Wildman–Crippen LogP) is 5.63. The van der Waals surface area contributed by atoms with Gasteiger partial charge in [-0.3, -0.25) is 0 Å². The summed E-state index contributed by atoms with van der Waals surface area (Å²) in [6.45, 7) is 10.8. The zero-order chi connectivity index (χ0) is 22.3. The van der Waals surface area contributed by atoms with Gasteiger partial charge in [-0.1, -0.05) is 118 Å². The van der Waals surface area contributed by atoms with Crippen molar-refractivity contribution in [3.63, 3.8) is 0 Å². The third-order valence-electron chi connectivity index (χ3n) is 5.86. The maximum Gasteiger partial charge on any atom is 0.261 e. The lowest BCUT2D eigenvalue weighted by atomic mass is 10.0. The van der Waals surface area contributed by atoms with Crippen LogP contribution in [0.2, 0.25) is 5.04 Å². The van der Waals surface area contributed by atoms with E-state index in [2.05, 4.69) is 88.0 Å². The largest absolute Gasteiger partial charge is 0.404 e. The number of benzene rings is 3. The molecular formula is C28H34O2Si. The average Bonchev–Trinajstić information content (AvgIpc) is 2.78. The van der Waals surface area contributed by atoms with Crippen molar-refractivity contribution < 1.29 is 9.53 Å². The average molecular weight is 431 g/mol. The Bertz CT molecular complexity index is 894. The van der Waals surface area contributed by atoms with Crippen LogP contribution in [-0.2, 0) is 4.43 Å².